The van der Waals surface area contributed by atoms with Crippen molar-refractivity contribution in [3.05, 3.63) is 84.8 Å². The molecule has 4 heterocycles. The van der Waals surface area contributed by atoms with Crippen LogP contribution in [-0.2, 0) is 0 Å². The molecule has 4 aromatic heterocycles. The van der Waals surface area contributed by atoms with Gasteiger partial charge < -0.3 is 4.57 Å². The van der Waals surface area contributed by atoms with Crippen LogP contribution in [0.15, 0.2) is 84.8 Å². The highest BCUT2D eigenvalue weighted by Crippen LogP contribution is 2.37. The molecule has 0 N–H and O–H groups in total. The summed E-state index contributed by atoms with van der Waals surface area (Å²) in [6, 6.07) is 19.0. The number of hydrogen-bond acceptors (Lipinski definition) is 4. The normalized spacial score (nSPS) is 11.6. The van der Waals surface area contributed by atoms with Gasteiger partial charge in [-0.3, -0.25) is 4.98 Å². The van der Waals surface area contributed by atoms with Gasteiger partial charge in [-0.1, -0.05) is 24.3 Å². The number of thiophene rings is 1. The van der Waals surface area contributed by atoms with Crippen molar-refractivity contribution in [1.29, 1.82) is 0 Å². The number of hydrogen-bond donors (Lipinski definition) is 0. The molecule has 132 valence electrons. The van der Waals surface area contributed by atoms with E-state index < -0.39 is 0 Å². The molecule has 0 aliphatic rings. The Morgan fingerprint density at radius 1 is 0.750 bits per heavy atom. The van der Waals surface area contributed by atoms with Gasteiger partial charge in [0.1, 0.15) is 0 Å². The van der Waals surface area contributed by atoms with Crippen molar-refractivity contribution in [3.63, 3.8) is 0 Å². The first-order chi connectivity index (χ1) is 13.9. The van der Waals surface area contributed by atoms with Crippen LogP contribution in [0, 0.1) is 0 Å². The molecule has 0 atom stereocenters. The zero-order valence-corrected chi connectivity index (χ0v) is 15.6. The third-order valence-corrected chi connectivity index (χ3v) is 5.98. The summed E-state index contributed by atoms with van der Waals surface area (Å²) in [4.78, 5) is 13.3. The fraction of sp³-hybridized carbons (Fsp3) is 0. The molecule has 0 saturated heterocycles. The summed E-state index contributed by atoms with van der Waals surface area (Å²) in [5.74, 6) is 0.701. The summed E-state index contributed by atoms with van der Waals surface area (Å²) >= 11 is 1.77. The standard InChI is InChI=1S/C23H14N4S/c1-2-4-20-17(3-1)18-5-6-21-19(9-12-28-21)22(18)27(20)16-13-25-23(26-14-16)15-7-10-24-11-8-15/h1-14H. The van der Waals surface area contributed by atoms with Crippen LogP contribution >= 0.6 is 11.3 Å². The fourth-order valence-electron chi connectivity index (χ4n) is 3.86. The molecule has 0 aliphatic heterocycles. The largest absolute Gasteiger partial charge is 0.306 e. The van der Waals surface area contributed by atoms with Crippen molar-refractivity contribution in [2.45, 2.75) is 0 Å². The van der Waals surface area contributed by atoms with Crippen LogP contribution in [0.3, 0.4) is 0 Å². The summed E-state index contributed by atoms with van der Waals surface area (Å²) in [5, 5.41) is 5.90. The minimum absolute atomic E-state index is 0.701. The molecule has 0 amide bonds. The van der Waals surface area contributed by atoms with Gasteiger partial charge in [0, 0.05) is 38.8 Å². The van der Waals surface area contributed by atoms with Crippen molar-refractivity contribution < 1.29 is 0 Å². The predicted octanol–water partition coefficient (Wildman–Crippen LogP) is 5.85. The second kappa shape index (κ2) is 5.97. The Bertz CT molecular complexity index is 1450. The van der Waals surface area contributed by atoms with Crippen molar-refractivity contribution >= 4 is 43.2 Å². The Morgan fingerprint density at radius 2 is 1.57 bits per heavy atom. The van der Waals surface area contributed by atoms with Gasteiger partial charge in [-0.05, 0) is 35.7 Å². The van der Waals surface area contributed by atoms with Crippen LogP contribution in [0.5, 0.6) is 0 Å². The molecule has 28 heavy (non-hydrogen) atoms. The SMILES string of the molecule is c1ccc2c(c1)c1ccc3sccc3c1n2-c1cnc(-c2ccncc2)nc1. The summed E-state index contributed by atoms with van der Waals surface area (Å²) in [6.45, 7) is 0. The van der Waals surface area contributed by atoms with Crippen molar-refractivity contribution in [3.8, 4) is 17.1 Å². The second-order valence-corrected chi connectivity index (χ2v) is 7.60. The number of benzene rings is 2. The summed E-state index contributed by atoms with van der Waals surface area (Å²) in [6.07, 6.45) is 7.32. The van der Waals surface area contributed by atoms with Gasteiger partial charge >= 0.3 is 0 Å². The Balaban J connectivity index is 1.66. The van der Waals surface area contributed by atoms with Gasteiger partial charge in [0.15, 0.2) is 5.82 Å². The van der Waals surface area contributed by atoms with Crippen LogP contribution in [-0.4, -0.2) is 19.5 Å². The molecule has 0 spiro atoms. The molecule has 6 aromatic rings. The average Bonchev–Trinajstić information content (AvgIpc) is 3.37. The van der Waals surface area contributed by atoms with E-state index in [1.165, 1.54) is 26.4 Å². The Kier molecular flexibility index (Phi) is 3.30. The van der Waals surface area contributed by atoms with Crippen LogP contribution < -0.4 is 0 Å². The lowest BCUT2D eigenvalue weighted by atomic mass is 10.1. The maximum atomic E-state index is 4.63. The molecular formula is C23H14N4S. The highest BCUT2D eigenvalue weighted by atomic mass is 32.1. The third-order valence-electron chi connectivity index (χ3n) is 5.10. The van der Waals surface area contributed by atoms with Gasteiger partial charge in [0.05, 0.1) is 29.1 Å². The number of nitrogens with zero attached hydrogens (tertiary/aromatic N) is 4. The zero-order chi connectivity index (χ0) is 18.5. The van der Waals surface area contributed by atoms with Crippen molar-refractivity contribution in [1.82, 2.24) is 19.5 Å². The first kappa shape index (κ1) is 15.5. The fourth-order valence-corrected chi connectivity index (χ4v) is 4.65. The van der Waals surface area contributed by atoms with Gasteiger partial charge in [-0.25, -0.2) is 9.97 Å². The third kappa shape index (κ3) is 2.20. The van der Waals surface area contributed by atoms with Gasteiger partial charge in [-0.2, -0.15) is 0 Å². The highest BCUT2D eigenvalue weighted by Gasteiger charge is 2.15. The molecule has 4 nitrogen and oxygen atoms in total. The molecule has 5 heteroatoms. The lowest BCUT2D eigenvalue weighted by Gasteiger charge is -2.08. The molecule has 2 aromatic carbocycles. The van der Waals surface area contributed by atoms with Gasteiger partial charge in [0.25, 0.3) is 0 Å². The number of pyridine rings is 1. The van der Waals surface area contributed by atoms with Gasteiger partial charge in [0.2, 0.25) is 0 Å². The monoisotopic (exact) mass is 378 g/mol. The average molecular weight is 378 g/mol. The summed E-state index contributed by atoms with van der Waals surface area (Å²) < 4.78 is 3.56. The smallest absolute Gasteiger partial charge is 0.159 e. The first-order valence-corrected chi connectivity index (χ1v) is 9.90. The van der Waals surface area contributed by atoms with E-state index in [1.807, 2.05) is 24.5 Å². The first-order valence-electron chi connectivity index (χ1n) is 9.02. The number of aromatic nitrogens is 4. The molecule has 0 radical (unpaired) electrons. The van der Waals surface area contributed by atoms with E-state index in [2.05, 4.69) is 67.4 Å². The van der Waals surface area contributed by atoms with Crippen LogP contribution in [0.25, 0.3) is 49.0 Å². The van der Waals surface area contributed by atoms with E-state index >= 15 is 0 Å². The topological polar surface area (TPSA) is 43.6 Å². The lowest BCUT2D eigenvalue weighted by Crippen LogP contribution is -1.98. The second-order valence-electron chi connectivity index (χ2n) is 6.65. The molecule has 6 rings (SSSR count). The highest BCUT2D eigenvalue weighted by molar-refractivity contribution is 7.17. The van der Waals surface area contributed by atoms with E-state index in [1.54, 1.807) is 23.7 Å². The van der Waals surface area contributed by atoms with Crippen molar-refractivity contribution in [2.24, 2.45) is 0 Å². The summed E-state index contributed by atoms with van der Waals surface area (Å²) in [7, 11) is 0. The van der Waals surface area contributed by atoms with Crippen LogP contribution in [0.1, 0.15) is 0 Å². The zero-order valence-electron chi connectivity index (χ0n) is 14.8. The van der Waals surface area contributed by atoms with Gasteiger partial charge in [-0.15, -0.1) is 11.3 Å². The molecule has 0 bridgehead atoms. The minimum Gasteiger partial charge on any atom is -0.306 e. The van der Waals surface area contributed by atoms with E-state index in [9.17, 15) is 0 Å². The molecule has 0 saturated carbocycles. The Hall–Kier alpha value is -3.57. The minimum atomic E-state index is 0.701. The predicted molar refractivity (Wildman–Crippen MR) is 115 cm³/mol. The molecule has 0 fully saturated rings. The van der Waals surface area contributed by atoms with E-state index in [-0.39, 0.29) is 0 Å². The van der Waals surface area contributed by atoms with E-state index in [0.717, 1.165) is 16.8 Å². The Morgan fingerprint density at radius 3 is 2.43 bits per heavy atom. The lowest BCUT2D eigenvalue weighted by molar-refractivity contribution is 1.08. The van der Waals surface area contributed by atoms with Crippen LogP contribution in [0.4, 0.5) is 0 Å². The molecule has 0 aliphatic carbocycles. The Labute approximate surface area is 164 Å². The van der Waals surface area contributed by atoms with Crippen molar-refractivity contribution in [2.75, 3.05) is 0 Å². The van der Waals surface area contributed by atoms with E-state index in [4.69, 9.17) is 0 Å². The summed E-state index contributed by atoms with van der Waals surface area (Å²) in [5.41, 5.74) is 4.29. The molecule has 0 unspecified atom stereocenters. The molecular weight excluding hydrogens is 364 g/mol. The van der Waals surface area contributed by atoms with E-state index in [0.29, 0.717) is 5.82 Å². The van der Waals surface area contributed by atoms with Crippen LogP contribution in [0.2, 0.25) is 0 Å². The number of fused-ring (bicyclic) bond motifs is 5. The quantitative estimate of drug-likeness (QED) is 0.379. The number of rotatable bonds is 2. The number of para-hydroxylation sites is 1. The maximum Gasteiger partial charge on any atom is 0.159 e. The maximum absolute atomic E-state index is 4.63.